The van der Waals surface area contributed by atoms with E-state index in [4.69, 9.17) is 5.73 Å². The van der Waals surface area contributed by atoms with Crippen LogP contribution < -0.4 is 15.8 Å². The summed E-state index contributed by atoms with van der Waals surface area (Å²) in [5.74, 6) is -0.109. The molecule has 1 unspecified atom stereocenters. The van der Waals surface area contributed by atoms with Crippen molar-refractivity contribution in [3.05, 3.63) is 24.3 Å². The first kappa shape index (κ1) is 20.9. The molecule has 0 aromatic heterocycles. The number of carbonyl (C=O) groups excluding carboxylic acids is 1. The molecule has 0 radical (unpaired) electrons. The van der Waals surface area contributed by atoms with E-state index < -0.39 is 10.0 Å². The molecule has 1 fully saturated rings. The summed E-state index contributed by atoms with van der Waals surface area (Å²) in [6.45, 7) is 4.25. The molecule has 26 heavy (non-hydrogen) atoms. The molecular formula is C19H31N3O3S. The number of sulfonamides is 1. The number of hydrogen-bond acceptors (Lipinski definition) is 4. The van der Waals surface area contributed by atoms with E-state index in [-0.39, 0.29) is 22.3 Å². The number of carbonyl (C=O) groups is 1. The summed E-state index contributed by atoms with van der Waals surface area (Å²) in [4.78, 5) is 12.7. The molecule has 2 rings (SSSR count). The molecular weight excluding hydrogens is 350 g/mol. The lowest BCUT2D eigenvalue weighted by atomic mass is 9.71. The highest BCUT2D eigenvalue weighted by atomic mass is 32.2. The van der Waals surface area contributed by atoms with Crippen molar-refractivity contribution in [2.75, 3.05) is 11.9 Å². The van der Waals surface area contributed by atoms with Crippen LogP contribution in [0.15, 0.2) is 29.2 Å². The number of rotatable bonds is 8. The van der Waals surface area contributed by atoms with E-state index in [1.807, 2.05) is 13.8 Å². The Kier molecular flexibility index (Phi) is 7.20. The molecule has 7 heteroatoms. The number of amides is 1. The maximum atomic E-state index is 12.5. The second-order valence-corrected chi connectivity index (χ2v) is 9.16. The molecule has 6 nitrogen and oxygen atoms in total. The molecule has 0 spiro atoms. The first-order valence-corrected chi connectivity index (χ1v) is 10.9. The predicted octanol–water partition coefficient (Wildman–Crippen LogP) is 3.00. The summed E-state index contributed by atoms with van der Waals surface area (Å²) < 4.78 is 27.5. The van der Waals surface area contributed by atoms with Crippen LogP contribution in [-0.4, -0.2) is 26.9 Å². The van der Waals surface area contributed by atoms with Gasteiger partial charge in [0.05, 0.1) is 4.90 Å². The lowest BCUT2D eigenvalue weighted by molar-refractivity contribution is -0.118. The molecule has 0 heterocycles. The van der Waals surface area contributed by atoms with Gasteiger partial charge in [-0.25, -0.2) is 13.1 Å². The zero-order valence-electron chi connectivity index (χ0n) is 15.8. The monoisotopic (exact) mass is 381 g/mol. The van der Waals surface area contributed by atoms with Crippen LogP contribution in [0.2, 0.25) is 0 Å². The first-order valence-electron chi connectivity index (χ1n) is 9.42. The van der Waals surface area contributed by atoms with Crippen molar-refractivity contribution in [1.29, 1.82) is 0 Å². The average molecular weight is 382 g/mol. The molecule has 1 aliphatic carbocycles. The third-order valence-electron chi connectivity index (χ3n) is 5.28. The minimum Gasteiger partial charge on any atom is -0.330 e. The number of hydrogen-bond donors (Lipinski definition) is 3. The van der Waals surface area contributed by atoms with Gasteiger partial charge in [0.1, 0.15) is 0 Å². The Morgan fingerprint density at radius 2 is 1.96 bits per heavy atom. The van der Waals surface area contributed by atoms with Gasteiger partial charge in [0.2, 0.25) is 15.9 Å². The Balaban J connectivity index is 2.07. The molecule has 1 atom stereocenters. The smallest absolute Gasteiger partial charge is 0.240 e. The van der Waals surface area contributed by atoms with Gasteiger partial charge in [-0.3, -0.25) is 4.79 Å². The van der Waals surface area contributed by atoms with Gasteiger partial charge >= 0.3 is 0 Å². The number of anilines is 1. The molecule has 4 N–H and O–H groups in total. The SMILES string of the molecule is CCC(C)NS(=O)(=O)c1cccc(NC(=O)CC2(CN)CCCCC2)c1. The summed E-state index contributed by atoms with van der Waals surface area (Å²) in [6, 6.07) is 6.23. The topological polar surface area (TPSA) is 101 Å². The summed E-state index contributed by atoms with van der Waals surface area (Å²) in [7, 11) is -3.60. The van der Waals surface area contributed by atoms with Crippen LogP contribution >= 0.6 is 0 Å². The van der Waals surface area contributed by atoms with Gasteiger partial charge in [-0.15, -0.1) is 0 Å². The molecule has 0 aliphatic heterocycles. The predicted molar refractivity (Wildman–Crippen MR) is 104 cm³/mol. The van der Waals surface area contributed by atoms with E-state index in [1.165, 1.54) is 18.6 Å². The summed E-state index contributed by atoms with van der Waals surface area (Å²) in [5, 5.41) is 2.84. The van der Waals surface area contributed by atoms with Crippen molar-refractivity contribution >= 4 is 21.6 Å². The maximum Gasteiger partial charge on any atom is 0.240 e. The quantitative estimate of drug-likeness (QED) is 0.644. The van der Waals surface area contributed by atoms with Gasteiger partial charge in [-0.1, -0.05) is 32.3 Å². The fraction of sp³-hybridized carbons (Fsp3) is 0.632. The molecule has 1 aromatic carbocycles. The zero-order valence-corrected chi connectivity index (χ0v) is 16.6. The lowest BCUT2D eigenvalue weighted by Gasteiger charge is -2.35. The Bertz CT molecular complexity index is 712. The molecule has 1 saturated carbocycles. The van der Waals surface area contributed by atoms with Crippen LogP contribution in [0, 0.1) is 5.41 Å². The fourth-order valence-electron chi connectivity index (χ4n) is 3.46. The number of benzene rings is 1. The van der Waals surface area contributed by atoms with Crippen LogP contribution in [0.1, 0.15) is 58.8 Å². The highest BCUT2D eigenvalue weighted by Gasteiger charge is 2.33. The van der Waals surface area contributed by atoms with E-state index >= 15 is 0 Å². The fourth-order valence-corrected chi connectivity index (χ4v) is 4.83. The normalized spacial score (nSPS) is 18.3. The molecule has 0 saturated heterocycles. The van der Waals surface area contributed by atoms with Crippen molar-refractivity contribution in [3.8, 4) is 0 Å². The Morgan fingerprint density at radius 1 is 1.27 bits per heavy atom. The number of nitrogens with two attached hydrogens (primary N) is 1. The molecule has 0 bridgehead atoms. The van der Waals surface area contributed by atoms with E-state index in [2.05, 4.69) is 10.0 Å². The van der Waals surface area contributed by atoms with Gasteiger partial charge in [0.25, 0.3) is 0 Å². The van der Waals surface area contributed by atoms with Crippen LogP contribution in [0.25, 0.3) is 0 Å². The van der Waals surface area contributed by atoms with Crippen LogP contribution in [-0.2, 0) is 14.8 Å². The Labute approximate surface area is 157 Å². The second kappa shape index (κ2) is 8.97. The molecule has 1 amide bonds. The van der Waals surface area contributed by atoms with Crippen molar-refractivity contribution < 1.29 is 13.2 Å². The first-order chi connectivity index (χ1) is 12.3. The lowest BCUT2D eigenvalue weighted by Crippen LogP contribution is -2.36. The van der Waals surface area contributed by atoms with Gasteiger partial charge in [0.15, 0.2) is 0 Å². The number of nitrogens with one attached hydrogen (secondary N) is 2. The largest absolute Gasteiger partial charge is 0.330 e. The summed E-state index contributed by atoms with van der Waals surface area (Å²) in [5.41, 5.74) is 6.32. The van der Waals surface area contributed by atoms with Crippen LogP contribution in [0.4, 0.5) is 5.69 Å². The van der Waals surface area contributed by atoms with Gasteiger partial charge in [-0.05, 0) is 56.3 Å². The minimum absolute atomic E-state index is 0.109. The maximum absolute atomic E-state index is 12.5. The minimum atomic E-state index is -3.60. The van der Waals surface area contributed by atoms with Crippen molar-refractivity contribution in [2.45, 2.75) is 69.7 Å². The Morgan fingerprint density at radius 3 is 2.58 bits per heavy atom. The van der Waals surface area contributed by atoms with Crippen LogP contribution in [0.5, 0.6) is 0 Å². The van der Waals surface area contributed by atoms with Crippen molar-refractivity contribution in [2.24, 2.45) is 11.1 Å². The van der Waals surface area contributed by atoms with Crippen molar-refractivity contribution in [1.82, 2.24) is 4.72 Å². The standard InChI is InChI=1S/C19H31N3O3S/c1-3-15(2)22-26(24,25)17-9-7-8-16(12-17)21-18(23)13-19(14-20)10-5-4-6-11-19/h7-9,12,15,22H,3-6,10-11,13-14,20H2,1-2H3,(H,21,23). The van der Waals surface area contributed by atoms with Gasteiger partial charge in [0, 0.05) is 18.2 Å². The molecule has 146 valence electrons. The average Bonchev–Trinajstić information content (AvgIpc) is 2.62. The highest BCUT2D eigenvalue weighted by molar-refractivity contribution is 7.89. The second-order valence-electron chi connectivity index (χ2n) is 7.45. The Hall–Kier alpha value is -1.44. The summed E-state index contributed by atoms with van der Waals surface area (Å²) in [6.07, 6.45) is 6.46. The van der Waals surface area contributed by atoms with E-state index in [0.29, 0.717) is 25.1 Å². The van der Waals surface area contributed by atoms with Crippen molar-refractivity contribution in [3.63, 3.8) is 0 Å². The third kappa shape index (κ3) is 5.53. The highest BCUT2D eigenvalue weighted by Crippen LogP contribution is 2.38. The molecule has 1 aromatic rings. The van der Waals surface area contributed by atoms with Gasteiger partial charge in [-0.2, -0.15) is 0 Å². The van der Waals surface area contributed by atoms with E-state index in [9.17, 15) is 13.2 Å². The van der Waals surface area contributed by atoms with Crippen LogP contribution in [0.3, 0.4) is 0 Å². The zero-order chi connectivity index (χ0) is 19.2. The molecule has 1 aliphatic rings. The van der Waals surface area contributed by atoms with Gasteiger partial charge < -0.3 is 11.1 Å². The summed E-state index contributed by atoms with van der Waals surface area (Å²) >= 11 is 0. The van der Waals surface area contributed by atoms with E-state index in [0.717, 1.165) is 25.7 Å². The van der Waals surface area contributed by atoms with E-state index in [1.54, 1.807) is 12.1 Å². The third-order valence-corrected chi connectivity index (χ3v) is 6.87.